The first-order chi connectivity index (χ1) is 19.3. The van der Waals surface area contributed by atoms with Crippen molar-refractivity contribution in [1.82, 2.24) is 19.4 Å². The number of benzene rings is 1. The van der Waals surface area contributed by atoms with Crippen LogP contribution in [0.2, 0.25) is 0 Å². The largest absolute Gasteiger partial charge is 0.367 e. The number of carbonyl (C=O) groups excluding carboxylic acids is 1. The van der Waals surface area contributed by atoms with Gasteiger partial charge < -0.3 is 14.4 Å². The number of amides is 1. The van der Waals surface area contributed by atoms with Crippen molar-refractivity contribution in [3.05, 3.63) is 48.5 Å². The standard InChI is InChI=1S/C30H34N6O3S.H2/c1-40(38,39)22-24-10-8-23(9-11-24)4-2-7-28-32-16-13-29(33-28)36-17-14-25-26(5-3-6-27(25)36)34-18-20-35(21-19-34)30(37)12-15-31;/h3,5-6,13-14,16-17,23-24H,4,8-12,18-22H2,1H3;1H. The fourth-order valence-electron chi connectivity index (χ4n) is 5.85. The number of piperazine rings is 1. The number of sulfone groups is 1. The summed E-state index contributed by atoms with van der Waals surface area (Å²) in [6.45, 7) is 2.64. The van der Waals surface area contributed by atoms with Gasteiger partial charge in [0.2, 0.25) is 11.7 Å². The number of anilines is 1. The highest BCUT2D eigenvalue weighted by molar-refractivity contribution is 7.90. The average Bonchev–Trinajstić information content (AvgIpc) is 3.38. The Morgan fingerprint density at radius 3 is 2.55 bits per heavy atom. The number of hydrogen-bond acceptors (Lipinski definition) is 7. The van der Waals surface area contributed by atoms with Crippen molar-refractivity contribution < 1.29 is 14.6 Å². The Hall–Kier alpha value is -3.89. The SMILES string of the molecule is CS(=O)(=O)CC1CCC(CC#Cc2nccc(-n3ccc4c(N5CCN(C(=O)CC#N)CC5)cccc43)n2)CC1.[HH]. The molecule has 0 N–H and O–H groups in total. The first-order valence-corrected chi connectivity index (χ1v) is 15.9. The molecule has 3 aromatic rings. The first-order valence-electron chi connectivity index (χ1n) is 13.8. The Labute approximate surface area is 237 Å². The van der Waals surface area contributed by atoms with Gasteiger partial charge in [-0.3, -0.25) is 4.79 Å². The van der Waals surface area contributed by atoms with Gasteiger partial charge in [0, 0.05) is 63.7 Å². The summed E-state index contributed by atoms with van der Waals surface area (Å²) >= 11 is 0. The minimum Gasteiger partial charge on any atom is -0.367 e. The molecule has 1 saturated heterocycles. The number of rotatable bonds is 6. The van der Waals surface area contributed by atoms with Gasteiger partial charge in [-0.05, 0) is 67.7 Å². The van der Waals surface area contributed by atoms with Gasteiger partial charge in [0.1, 0.15) is 22.1 Å². The molecule has 1 aliphatic carbocycles. The number of carbonyl (C=O) groups is 1. The molecule has 9 nitrogen and oxygen atoms in total. The maximum Gasteiger partial charge on any atom is 0.236 e. The highest BCUT2D eigenvalue weighted by atomic mass is 32.2. The lowest BCUT2D eigenvalue weighted by Gasteiger charge is -2.36. The lowest BCUT2D eigenvalue weighted by molar-refractivity contribution is -0.130. The smallest absolute Gasteiger partial charge is 0.236 e. The van der Waals surface area contributed by atoms with E-state index in [-0.39, 0.29) is 19.7 Å². The third-order valence-electron chi connectivity index (χ3n) is 7.90. The summed E-state index contributed by atoms with van der Waals surface area (Å²) in [6, 6.07) is 12.1. The molecule has 1 aliphatic heterocycles. The normalized spacial score (nSPS) is 19.6. The molecular formula is C30H36N6O3S. The van der Waals surface area contributed by atoms with E-state index < -0.39 is 9.84 Å². The van der Waals surface area contributed by atoms with E-state index >= 15 is 0 Å². The number of aromatic nitrogens is 3. The van der Waals surface area contributed by atoms with E-state index in [2.05, 4.69) is 39.9 Å². The highest BCUT2D eigenvalue weighted by Crippen LogP contribution is 2.32. The van der Waals surface area contributed by atoms with Gasteiger partial charge in [-0.2, -0.15) is 5.26 Å². The molecule has 2 aliphatic rings. The van der Waals surface area contributed by atoms with Crippen LogP contribution < -0.4 is 4.90 Å². The number of hydrogen-bond donors (Lipinski definition) is 0. The van der Waals surface area contributed by atoms with Crippen LogP contribution in [0.5, 0.6) is 0 Å². The fraction of sp³-hybridized carbons (Fsp3) is 0.467. The summed E-state index contributed by atoms with van der Waals surface area (Å²) in [5.41, 5.74) is 2.15. The molecule has 0 bridgehead atoms. The Morgan fingerprint density at radius 1 is 1.07 bits per heavy atom. The fourth-order valence-corrected chi connectivity index (χ4v) is 7.04. The van der Waals surface area contributed by atoms with E-state index in [4.69, 9.17) is 10.2 Å². The van der Waals surface area contributed by atoms with E-state index in [9.17, 15) is 13.2 Å². The van der Waals surface area contributed by atoms with Crippen LogP contribution in [0.25, 0.3) is 16.7 Å². The molecule has 10 heteroatoms. The molecular weight excluding hydrogens is 524 g/mol. The second kappa shape index (κ2) is 12.1. The number of nitriles is 1. The van der Waals surface area contributed by atoms with Crippen LogP contribution in [-0.4, -0.2) is 71.9 Å². The van der Waals surface area contributed by atoms with Crippen LogP contribution in [-0.2, 0) is 14.6 Å². The van der Waals surface area contributed by atoms with Crippen LogP contribution in [0.1, 0.15) is 45.8 Å². The molecule has 1 aromatic carbocycles. The van der Waals surface area contributed by atoms with E-state index in [0.29, 0.717) is 43.7 Å². The van der Waals surface area contributed by atoms with Crippen molar-refractivity contribution in [2.45, 2.75) is 38.5 Å². The van der Waals surface area contributed by atoms with Gasteiger partial charge in [-0.1, -0.05) is 12.0 Å². The predicted octanol–water partition coefficient (Wildman–Crippen LogP) is 3.82. The van der Waals surface area contributed by atoms with Crippen LogP contribution in [0.4, 0.5) is 5.69 Å². The quantitative estimate of drug-likeness (QED) is 0.421. The van der Waals surface area contributed by atoms with Crippen molar-refractivity contribution in [2.24, 2.45) is 11.8 Å². The van der Waals surface area contributed by atoms with Gasteiger partial charge in [-0.15, -0.1) is 0 Å². The molecule has 0 spiro atoms. The molecule has 210 valence electrons. The van der Waals surface area contributed by atoms with Crippen LogP contribution in [0.3, 0.4) is 0 Å². The molecule has 5 rings (SSSR count). The molecule has 1 saturated carbocycles. The summed E-state index contributed by atoms with van der Waals surface area (Å²) in [6.07, 6.45) is 9.68. The Kier molecular flexibility index (Phi) is 8.37. The lowest BCUT2D eigenvalue weighted by Crippen LogP contribution is -2.48. The first kappa shape index (κ1) is 27.7. The zero-order chi connectivity index (χ0) is 28.1. The Balaban J connectivity index is 0.00000387. The zero-order valence-corrected chi connectivity index (χ0v) is 23.6. The molecule has 0 atom stereocenters. The minimum atomic E-state index is -2.92. The third kappa shape index (κ3) is 6.63. The maximum absolute atomic E-state index is 12.1. The summed E-state index contributed by atoms with van der Waals surface area (Å²) in [5, 5.41) is 9.93. The third-order valence-corrected chi connectivity index (χ3v) is 8.97. The monoisotopic (exact) mass is 560 g/mol. The Bertz CT molecular complexity index is 1590. The Morgan fingerprint density at radius 2 is 1.82 bits per heavy atom. The molecule has 1 amide bonds. The second-order valence-corrected chi connectivity index (χ2v) is 13.0. The van der Waals surface area contributed by atoms with Crippen molar-refractivity contribution in [3.63, 3.8) is 0 Å². The lowest BCUT2D eigenvalue weighted by atomic mass is 9.81. The van der Waals surface area contributed by atoms with E-state index in [1.165, 1.54) is 6.26 Å². The number of nitrogens with zero attached hydrogens (tertiary/aromatic N) is 6. The minimum absolute atomic E-state index is 0. The maximum atomic E-state index is 12.1. The number of fused-ring (bicyclic) bond motifs is 1. The van der Waals surface area contributed by atoms with Crippen molar-refractivity contribution >= 4 is 32.3 Å². The molecule has 3 heterocycles. The molecule has 0 radical (unpaired) electrons. The molecule has 2 fully saturated rings. The molecule has 2 aromatic heterocycles. The van der Waals surface area contributed by atoms with Gasteiger partial charge >= 0.3 is 0 Å². The molecule has 0 unspecified atom stereocenters. The summed E-state index contributed by atoms with van der Waals surface area (Å²) < 4.78 is 25.2. The van der Waals surface area contributed by atoms with E-state index in [1.54, 1.807) is 11.1 Å². The van der Waals surface area contributed by atoms with Crippen LogP contribution in [0, 0.1) is 35.0 Å². The van der Waals surface area contributed by atoms with Gasteiger partial charge in [0.25, 0.3) is 0 Å². The predicted molar refractivity (Wildman–Crippen MR) is 157 cm³/mol. The van der Waals surface area contributed by atoms with Crippen molar-refractivity contribution in [1.29, 1.82) is 5.26 Å². The summed E-state index contributed by atoms with van der Waals surface area (Å²) in [4.78, 5) is 25.2. The van der Waals surface area contributed by atoms with Gasteiger partial charge in [0.05, 0.1) is 17.3 Å². The summed E-state index contributed by atoms with van der Waals surface area (Å²) in [5.74, 6) is 8.59. The highest BCUT2D eigenvalue weighted by Gasteiger charge is 2.24. The zero-order valence-electron chi connectivity index (χ0n) is 22.8. The van der Waals surface area contributed by atoms with Crippen LogP contribution in [0.15, 0.2) is 42.7 Å². The van der Waals surface area contributed by atoms with E-state index in [1.807, 2.05) is 29.0 Å². The van der Waals surface area contributed by atoms with E-state index in [0.717, 1.165) is 54.5 Å². The van der Waals surface area contributed by atoms with Gasteiger partial charge in [-0.25, -0.2) is 18.4 Å². The summed E-state index contributed by atoms with van der Waals surface area (Å²) in [7, 11) is -2.92. The van der Waals surface area contributed by atoms with Crippen molar-refractivity contribution in [3.8, 4) is 23.7 Å². The molecule has 40 heavy (non-hydrogen) atoms. The van der Waals surface area contributed by atoms with Crippen molar-refractivity contribution in [2.75, 3.05) is 43.1 Å². The second-order valence-electron chi connectivity index (χ2n) is 10.8. The average molecular weight is 561 g/mol. The topological polar surface area (TPSA) is 112 Å². The van der Waals surface area contributed by atoms with Crippen LogP contribution >= 0.6 is 0 Å². The van der Waals surface area contributed by atoms with Gasteiger partial charge in [0.15, 0.2) is 0 Å².